The van der Waals surface area contributed by atoms with Gasteiger partial charge in [-0.05, 0) is 58.2 Å². The number of halogens is 3. The van der Waals surface area contributed by atoms with E-state index in [9.17, 15) is 4.79 Å². The third-order valence-electron chi connectivity index (χ3n) is 6.92. The standard InChI is InChI=1S/C30H23BrCl2N6O3S/c1-15-21(31)26(42-3)23(33)25(22(15)32)37-29(40)18-13-43-27-24(18)34-14-35-28(27)38-30-36-19-6-4-5-7-20(19)39(30)12-16-8-10-17(41-2)11-9-16/h4-11,13-14H,12H2,1-3H3,(H,37,40)(H,34,35,36,38). The predicted molar refractivity (Wildman–Crippen MR) is 176 cm³/mol. The molecule has 0 saturated carbocycles. The van der Waals surface area contributed by atoms with Crippen LogP contribution in [0.25, 0.3) is 21.3 Å². The molecule has 3 aromatic carbocycles. The Morgan fingerprint density at radius 1 is 1.05 bits per heavy atom. The molecule has 0 aliphatic rings. The molecule has 0 spiro atoms. The maximum atomic E-state index is 13.5. The molecule has 0 fully saturated rings. The molecule has 0 radical (unpaired) electrons. The second-order valence-corrected chi connectivity index (χ2v) is 11.9. The maximum absolute atomic E-state index is 13.5. The Kier molecular flexibility index (Phi) is 8.15. The normalized spacial score (nSPS) is 11.2. The molecule has 0 saturated heterocycles. The first-order chi connectivity index (χ1) is 20.8. The number of anilines is 3. The van der Waals surface area contributed by atoms with E-state index in [1.165, 1.54) is 24.8 Å². The highest BCUT2D eigenvalue weighted by Crippen LogP contribution is 2.46. The molecule has 218 valence electrons. The first-order valence-electron chi connectivity index (χ1n) is 12.9. The SMILES string of the molecule is COc1ccc(Cn2c(Nc3ncnc4c(C(=O)Nc5c(Cl)c(C)c(Br)c(OC)c5Cl)csc34)nc3ccccc32)cc1. The number of rotatable bonds is 8. The monoisotopic (exact) mass is 696 g/mol. The van der Waals surface area contributed by atoms with Gasteiger partial charge >= 0.3 is 0 Å². The number of thiophene rings is 1. The van der Waals surface area contributed by atoms with E-state index >= 15 is 0 Å². The van der Waals surface area contributed by atoms with Gasteiger partial charge in [-0.25, -0.2) is 15.0 Å². The number of carbonyl (C=O) groups excluding carboxylic acids is 1. The molecule has 3 aromatic heterocycles. The van der Waals surface area contributed by atoms with Gasteiger partial charge in [-0.3, -0.25) is 4.79 Å². The predicted octanol–water partition coefficient (Wildman–Crippen LogP) is 8.48. The number of nitrogens with zero attached hydrogens (tertiary/aromatic N) is 4. The highest BCUT2D eigenvalue weighted by atomic mass is 79.9. The van der Waals surface area contributed by atoms with Crippen molar-refractivity contribution >= 4 is 95.1 Å². The van der Waals surface area contributed by atoms with Crippen molar-refractivity contribution in [3.05, 3.63) is 91.4 Å². The Balaban J connectivity index is 1.34. The molecule has 3 heterocycles. The highest BCUT2D eigenvalue weighted by Gasteiger charge is 2.24. The molecule has 0 aliphatic carbocycles. The molecule has 6 aromatic rings. The summed E-state index contributed by atoms with van der Waals surface area (Å²) in [6, 6.07) is 15.8. The summed E-state index contributed by atoms with van der Waals surface area (Å²) < 4.78 is 14.1. The van der Waals surface area contributed by atoms with Gasteiger partial charge < -0.3 is 24.7 Å². The van der Waals surface area contributed by atoms with Gasteiger partial charge in [-0.1, -0.05) is 47.5 Å². The molecule has 0 atom stereocenters. The maximum Gasteiger partial charge on any atom is 0.258 e. The largest absolute Gasteiger partial charge is 0.497 e. The number of para-hydroxylation sites is 2. The number of aromatic nitrogens is 4. The molecule has 13 heteroatoms. The number of hydrogen-bond donors (Lipinski definition) is 2. The van der Waals surface area contributed by atoms with Crippen molar-refractivity contribution in [3.8, 4) is 11.5 Å². The first-order valence-corrected chi connectivity index (χ1v) is 15.3. The van der Waals surface area contributed by atoms with Gasteiger partial charge in [0.05, 0.1) is 62.8 Å². The Labute approximate surface area is 268 Å². The number of fused-ring (bicyclic) bond motifs is 2. The van der Waals surface area contributed by atoms with Crippen LogP contribution in [-0.2, 0) is 6.54 Å². The van der Waals surface area contributed by atoms with E-state index in [0.29, 0.717) is 54.9 Å². The quantitative estimate of drug-likeness (QED) is 0.164. The van der Waals surface area contributed by atoms with Gasteiger partial charge in [0.15, 0.2) is 11.6 Å². The van der Waals surface area contributed by atoms with E-state index in [1.807, 2.05) is 48.5 Å². The van der Waals surface area contributed by atoms with Crippen molar-refractivity contribution in [2.45, 2.75) is 13.5 Å². The van der Waals surface area contributed by atoms with Crippen molar-refractivity contribution in [3.63, 3.8) is 0 Å². The van der Waals surface area contributed by atoms with Gasteiger partial charge in [0.2, 0.25) is 5.95 Å². The molecule has 0 bridgehead atoms. The fraction of sp³-hybridized carbons (Fsp3) is 0.133. The average Bonchev–Trinajstić information content (AvgIpc) is 3.61. The summed E-state index contributed by atoms with van der Waals surface area (Å²) in [7, 11) is 3.14. The number of methoxy groups -OCH3 is 2. The summed E-state index contributed by atoms with van der Waals surface area (Å²) in [5.74, 6) is 1.87. The number of nitrogens with one attached hydrogen (secondary N) is 2. The molecule has 6 rings (SSSR count). The topological polar surface area (TPSA) is 103 Å². The number of ether oxygens (including phenoxy) is 2. The smallest absolute Gasteiger partial charge is 0.258 e. The van der Waals surface area contributed by atoms with E-state index in [2.05, 4.69) is 41.1 Å². The van der Waals surface area contributed by atoms with E-state index < -0.39 is 5.91 Å². The Hall–Kier alpha value is -3.90. The van der Waals surface area contributed by atoms with Crippen LogP contribution in [0.2, 0.25) is 10.0 Å². The lowest BCUT2D eigenvalue weighted by atomic mass is 10.2. The summed E-state index contributed by atoms with van der Waals surface area (Å²) in [5.41, 5.74) is 4.64. The van der Waals surface area contributed by atoms with E-state index in [4.69, 9.17) is 37.7 Å². The second-order valence-electron chi connectivity index (χ2n) is 9.46. The third-order valence-corrected chi connectivity index (χ3v) is 9.69. The Bertz CT molecular complexity index is 2010. The van der Waals surface area contributed by atoms with Crippen LogP contribution in [0.15, 0.2) is 64.7 Å². The molecule has 0 unspecified atom stereocenters. The van der Waals surface area contributed by atoms with Crippen LogP contribution in [0.4, 0.5) is 17.5 Å². The molecule has 43 heavy (non-hydrogen) atoms. The summed E-state index contributed by atoms with van der Waals surface area (Å²) in [5, 5.41) is 8.45. The highest BCUT2D eigenvalue weighted by molar-refractivity contribution is 9.10. The minimum Gasteiger partial charge on any atom is -0.497 e. The van der Waals surface area contributed by atoms with Gasteiger partial charge in [-0.15, -0.1) is 11.3 Å². The summed E-state index contributed by atoms with van der Waals surface area (Å²) in [6.45, 7) is 2.37. The zero-order valence-electron chi connectivity index (χ0n) is 23.0. The van der Waals surface area contributed by atoms with Crippen molar-refractivity contribution in [2.75, 3.05) is 24.9 Å². The summed E-state index contributed by atoms with van der Waals surface area (Å²) in [6.07, 6.45) is 1.41. The second kappa shape index (κ2) is 12.0. The zero-order valence-corrected chi connectivity index (χ0v) is 27.0. The number of benzene rings is 3. The minimum atomic E-state index is -0.421. The van der Waals surface area contributed by atoms with Crippen molar-refractivity contribution in [1.29, 1.82) is 0 Å². The van der Waals surface area contributed by atoms with Crippen LogP contribution in [0.5, 0.6) is 11.5 Å². The summed E-state index contributed by atoms with van der Waals surface area (Å²) >= 11 is 17.9. The van der Waals surface area contributed by atoms with Gasteiger partial charge in [-0.2, -0.15) is 0 Å². The van der Waals surface area contributed by atoms with Crippen LogP contribution < -0.4 is 20.1 Å². The minimum absolute atomic E-state index is 0.186. The van der Waals surface area contributed by atoms with E-state index in [-0.39, 0.29) is 10.7 Å². The van der Waals surface area contributed by atoms with Gasteiger partial charge in [0.25, 0.3) is 5.91 Å². The molecule has 9 nitrogen and oxygen atoms in total. The lowest BCUT2D eigenvalue weighted by molar-refractivity contribution is 0.102. The lowest BCUT2D eigenvalue weighted by Crippen LogP contribution is -2.13. The average molecular weight is 698 g/mol. The van der Waals surface area contributed by atoms with Crippen molar-refractivity contribution < 1.29 is 14.3 Å². The van der Waals surface area contributed by atoms with Gasteiger partial charge in [0.1, 0.15) is 17.1 Å². The van der Waals surface area contributed by atoms with Crippen LogP contribution in [-0.4, -0.2) is 39.6 Å². The van der Waals surface area contributed by atoms with Crippen LogP contribution in [0.1, 0.15) is 21.5 Å². The van der Waals surface area contributed by atoms with E-state index in [1.54, 1.807) is 19.4 Å². The summed E-state index contributed by atoms with van der Waals surface area (Å²) in [4.78, 5) is 27.3. The molecule has 1 amide bonds. The van der Waals surface area contributed by atoms with Crippen molar-refractivity contribution in [2.24, 2.45) is 0 Å². The van der Waals surface area contributed by atoms with Crippen LogP contribution in [0.3, 0.4) is 0 Å². The zero-order chi connectivity index (χ0) is 30.2. The third kappa shape index (κ3) is 5.38. The van der Waals surface area contributed by atoms with Crippen LogP contribution in [0, 0.1) is 6.92 Å². The Morgan fingerprint density at radius 2 is 1.81 bits per heavy atom. The fourth-order valence-corrected chi connectivity index (χ4v) is 7.01. The lowest BCUT2D eigenvalue weighted by Gasteiger charge is -2.16. The molecular weight excluding hydrogens is 675 g/mol. The van der Waals surface area contributed by atoms with E-state index in [0.717, 1.165) is 22.3 Å². The molecule has 0 aliphatic heterocycles. The molecular formula is C30H23BrCl2N6O3S. The fourth-order valence-electron chi connectivity index (χ4n) is 4.68. The first kappa shape index (κ1) is 29.2. The number of carbonyl (C=O) groups is 1. The molecule has 2 N–H and O–H groups in total. The number of hydrogen-bond acceptors (Lipinski definition) is 8. The van der Waals surface area contributed by atoms with Gasteiger partial charge in [0, 0.05) is 5.38 Å². The number of amides is 1. The number of imidazole rings is 1. The van der Waals surface area contributed by atoms with Crippen LogP contribution >= 0.6 is 50.5 Å². The Morgan fingerprint density at radius 3 is 2.56 bits per heavy atom. The van der Waals surface area contributed by atoms with Crippen molar-refractivity contribution in [1.82, 2.24) is 19.5 Å².